The SMILES string of the molecule is Nc1c(C(=O)Cl)cnc(Cl)c1OC(F)(F)F. The normalized spacial score (nSPS) is 11.3. The van der Waals surface area contributed by atoms with Gasteiger partial charge >= 0.3 is 6.36 Å². The number of ether oxygens (including phenoxy) is 1. The number of rotatable bonds is 2. The van der Waals surface area contributed by atoms with Crippen LogP contribution in [-0.4, -0.2) is 16.6 Å². The second kappa shape index (κ2) is 4.34. The summed E-state index contributed by atoms with van der Waals surface area (Å²) < 4.78 is 39.4. The molecule has 0 aliphatic carbocycles. The summed E-state index contributed by atoms with van der Waals surface area (Å²) in [6.45, 7) is 0. The molecular weight excluding hydrogens is 272 g/mol. The van der Waals surface area contributed by atoms with Crippen LogP contribution in [0.5, 0.6) is 5.75 Å². The van der Waals surface area contributed by atoms with E-state index >= 15 is 0 Å². The third-order valence-electron chi connectivity index (χ3n) is 1.46. The first-order valence-corrected chi connectivity index (χ1v) is 4.37. The zero-order valence-corrected chi connectivity index (χ0v) is 8.82. The van der Waals surface area contributed by atoms with Gasteiger partial charge in [-0.2, -0.15) is 0 Å². The van der Waals surface area contributed by atoms with Crippen LogP contribution in [0.4, 0.5) is 18.9 Å². The summed E-state index contributed by atoms with van der Waals surface area (Å²) in [5, 5.41) is -1.68. The predicted octanol–water partition coefficient (Wildman–Crippen LogP) is 2.59. The van der Waals surface area contributed by atoms with Gasteiger partial charge in [-0.3, -0.25) is 4.79 Å². The lowest BCUT2D eigenvalue weighted by Gasteiger charge is -2.13. The summed E-state index contributed by atoms with van der Waals surface area (Å²) >= 11 is 10.4. The summed E-state index contributed by atoms with van der Waals surface area (Å²) in [5.41, 5.74) is 4.21. The molecular formula is C7H3Cl2F3N2O2. The first-order chi connectivity index (χ1) is 7.22. The van der Waals surface area contributed by atoms with Crippen LogP contribution in [0.2, 0.25) is 5.15 Å². The molecule has 1 heterocycles. The van der Waals surface area contributed by atoms with Gasteiger partial charge in [-0.25, -0.2) is 4.98 Å². The molecule has 0 amide bonds. The average Bonchev–Trinajstić information content (AvgIpc) is 2.10. The quantitative estimate of drug-likeness (QED) is 0.665. The number of anilines is 1. The fourth-order valence-corrected chi connectivity index (χ4v) is 1.19. The van der Waals surface area contributed by atoms with Crippen LogP contribution in [0.25, 0.3) is 0 Å². The molecule has 2 N–H and O–H groups in total. The molecule has 0 saturated carbocycles. The maximum atomic E-state index is 12.0. The summed E-state index contributed by atoms with van der Waals surface area (Å²) in [6, 6.07) is 0. The van der Waals surface area contributed by atoms with Gasteiger partial charge in [0.1, 0.15) is 0 Å². The minimum Gasteiger partial charge on any atom is -0.400 e. The van der Waals surface area contributed by atoms with E-state index in [1.165, 1.54) is 0 Å². The highest BCUT2D eigenvalue weighted by molar-refractivity contribution is 6.68. The van der Waals surface area contributed by atoms with Crippen molar-refractivity contribution in [3.05, 3.63) is 16.9 Å². The zero-order valence-electron chi connectivity index (χ0n) is 7.31. The maximum Gasteiger partial charge on any atom is 0.573 e. The Morgan fingerprint density at radius 2 is 2.06 bits per heavy atom. The van der Waals surface area contributed by atoms with Crippen molar-refractivity contribution in [1.29, 1.82) is 0 Å². The van der Waals surface area contributed by atoms with Crippen LogP contribution in [0.15, 0.2) is 6.20 Å². The Labute approximate surface area is 97.1 Å². The van der Waals surface area contributed by atoms with E-state index in [2.05, 4.69) is 9.72 Å². The van der Waals surface area contributed by atoms with Gasteiger partial charge in [0.15, 0.2) is 10.9 Å². The number of nitrogens with two attached hydrogens (primary N) is 1. The Balaban J connectivity index is 3.27. The fraction of sp³-hybridized carbons (Fsp3) is 0.143. The summed E-state index contributed by atoms with van der Waals surface area (Å²) in [6.07, 6.45) is -4.14. The number of alkyl halides is 3. The Morgan fingerprint density at radius 1 is 1.50 bits per heavy atom. The van der Waals surface area contributed by atoms with Crippen molar-refractivity contribution in [2.75, 3.05) is 5.73 Å². The van der Waals surface area contributed by atoms with E-state index in [-0.39, 0.29) is 0 Å². The van der Waals surface area contributed by atoms with Gasteiger partial charge in [-0.1, -0.05) is 11.6 Å². The zero-order chi connectivity index (χ0) is 12.5. The molecule has 0 saturated heterocycles. The molecule has 0 fully saturated rings. The predicted molar refractivity (Wildman–Crippen MR) is 50.5 cm³/mol. The van der Waals surface area contributed by atoms with Crippen LogP contribution in [0.1, 0.15) is 10.4 Å². The molecule has 9 heteroatoms. The number of pyridine rings is 1. The minimum absolute atomic E-state index is 0.412. The Kier molecular flexibility index (Phi) is 3.49. The van der Waals surface area contributed by atoms with E-state index < -0.39 is 33.8 Å². The van der Waals surface area contributed by atoms with E-state index in [1.54, 1.807) is 0 Å². The highest BCUT2D eigenvalue weighted by Gasteiger charge is 2.34. The van der Waals surface area contributed by atoms with Crippen molar-refractivity contribution < 1.29 is 22.7 Å². The average molecular weight is 275 g/mol. The van der Waals surface area contributed by atoms with Crippen LogP contribution in [0, 0.1) is 0 Å². The third-order valence-corrected chi connectivity index (χ3v) is 1.93. The molecule has 0 aliphatic heterocycles. The lowest BCUT2D eigenvalue weighted by atomic mass is 10.2. The lowest BCUT2D eigenvalue weighted by molar-refractivity contribution is -0.274. The maximum absolute atomic E-state index is 12.0. The number of aromatic nitrogens is 1. The van der Waals surface area contributed by atoms with Gasteiger partial charge in [0, 0.05) is 6.20 Å². The van der Waals surface area contributed by atoms with Crippen molar-refractivity contribution in [3.63, 3.8) is 0 Å². The van der Waals surface area contributed by atoms with Crippen molar-refractivity contribution in [2.24, 2.45) is 0 Å². The van der Waals surface area contributed by atoms with Crippen molar-refractivity contribution in [3.8, 4) is 5.75 Å². The smallest absolute Gasteiger partial charge is 0.400 e. The molecule has 0 radical (unpaired) electrons. The van der Waals surface area contributed by atoms with Gasteiger partial charge < -0.3 is 10.5 Å². The number of hydrogen-bond donors (Lipinski definition) is 1. The molecule has 0 unspecified atom stereocenters. The third kappa shape index (κ3) is 2.89. The molecule has 4 nitrogen and oxygen atoms in total. The Morgan fingerprint density at radius 3 is 2.50 bits per heavy atom. The number of carbonyl (C=O) groups excluding carboxylic acids is 1. The van der Waals surface area contributed by atoms with Gasteiger partial charge in [0.05, 0.1) is 11.3 Å². The van der Waals surface area contributed by atoms with Crippen LogP contribution in [-0.2, 0) is 0 Å². The lowest BCUT2D eigenvalue weighted by Crippen LogP contribution is -2.19. The van der Waals surface area contributed by atoms with Crippen LogP contribution < -0.4 is 10.5 Å². The number of carbonyl (C=O) groups is 1. The molecule has 1 aromatic rings. The number of nitrogens with zero attached hydrogens (tertiary/aromatic N) is 1. The number of hydrogen-bond acceptors (Lipinski definition) is 4. The van der Waals surface area contributed by atoms with Crippen LogP contribution in [0.3, 0.4) is 0 Å². The van der Waals surface area contributed by atoms with E-state index in [0.717, 1.165) is 6.20 Å². The molecule has 1 rings (SSSR count). The minimum atomic E-state index is -4.99. The Bertz CT molecular complexity index is 436. The molecule has 0 aliphatic rings. The van der Waals surface area contributed by atoms with E-state index in [4.69, 9.17) is 28.9 Å². The summed E-state index contributed by atoms with van der Waals surface area (Å²) in [4.78, 5) is 14.1. The first kappa shape index (κ1) is 12.9. The number of halogens is 5. The molecule has 88 valence electrons. The van der Waals surface area contributed by atoms with E-state index in [0.29, 0.717) is 0 Å². The molecule has 0 spiro atoms. The van der Waals surface area contributed by atoms with Gasteiger partial charge in [-0.05, 0) is 11.6 Å². The summed E-state index contributed by atoms with van der Waals surface area (Å²) in [5.74, 6) is -0.944. The number of nitrogen functional groups attached to an aromatic ring is 1. The first-order valence-electron chi connectivity index (χ1n) is 3.62. The molecule has 0 bridgehead atoms. The largest absolute Gasteiger partial charge is 0.573 e. The second-order valence-electron chi connectivity index (χ2n) is 2.53. The fourth-order valence-electron chi connectivity index (χ4n) is 0.852. The van der Waals surface area contributed by atoms with Crippen molar-refractivity contribution in [2.45, 2.75) is 6.36 Å². The standard InChI is InChI=1S/C7H3Cl2F3N2O2/c8-5-4(16-7(10,11)12)3(13)2(1-14-5)6(9)15/h1H,(H2,13,14). The second-order valence-corrected chi connectivity index (χ2v) is 3.23. The van der Waals surface area contributed by atoms with Gasteiger partial charge in [-0.15, -0.1) is 13.2 Å². The molecule has 16 heavy (non-hydrogen) atoms. The monoisotopic (exact) mass is 274 g/mol. The molecule has 0 aromatic carbocycles. The molecule has 0 atom stereocenters. The van der Waals surface area contributed by atoms with Gasteiger partial charge in [0.2, 0.25) is 0 Å². The van der Waals surface area contributed by atoms with E-state index in [1.807, 2.05) is 0 Å². The summed E-state index contributed by atoms with van der Waals surface area (Å²) in [7, 11) is 0. The van der Waals surface area contributed by atoms with Gasteiger partial charge in [0.25, 0.3) is 5.24 Å². The van der Waals surface area contributed by atoms with Crippen LogP contribution >= 0.6 is 23.2 Å². The molecule has 1 aromatic heterocycles. The van der Waals surface area contributed by atoms with Crippen molar-refractivity contribution in [1.82, 2.24) is 4.98 Å². The highest BCUT2D eigenvalue weighted by atomic mass is 35.5. The van der Waals surface area contributed by atoms with E-state index in [9.17, 15) is 18.0 Å². The highest BCUT2D eigenvalue weighted by Crippen LogP contribution is 2.36. The Hall–Kier alpha value is -1.21. The van der Waals surface area contributed by atoms with Crippen molar-refractivity contribution >= 4 is 34.1 Å². The topological polar surface area (TPSA) is 65.2 Å².